The zero-order valence-electron chi connectivity index (χ0n) is 16.0. The molecule has 2 aromatic carbocycles. The van der Waals surface area contributed by atoms with Gasteiger partial charge in [0.05, 0.1) is 7.11 Å². The van der Waals surface area contributed by atoms with Crippen molar-refractivity contribution in [3.63, 3.8) is 0 Å². The van der Waals surface area contributed by atoms with Gasteiger partial charge >= 0.3 is 0 Å². The number of benzene rings is 2. The minimum Gasteiger partial charge on any atom is -0.494 e. The highest BCUT2D eigenvalue weighted by molar-refractivity contribution is 5.94. The lowest BCUT2D eigenvalue weighted by atomic mass is 10.1. The second kappa shape index (κ2) is 7.46. The van der Waals surface area contributed by atoms with E-state index in [1.54, 1.807) is 24.1 Å². The van der Waals surface area contributed by atoms with E-state index in [9.17, 15) is 9.18 Å². The van der Waals surface area contributed by atoms with Gasteiger partial charge in [-0.25, -0.2) is 9.37 Å². The summed E-state index contributed by atoms with van der Waals surface area (Å²) >= 11 is 0. The maximum absolute atomic E-state index is 13.4. The molecule has 0 spiro atoms. The zero-order valence-corrected chi connectivity index (χ0v) is 16.0. The van der Waals surface area contributed by atoms with Gasteiger partial charge in [0.1, 0.15) is 22.9 Å². The van der Waals surface area contributed by atoms with Gasteiger partial charge in [0.15, 0.2) is 0 Å². The third-order valence-corrected chi connectivity index (χ3v) is 5.18. The minimum absolute atomic E-state index is 0.136. The minimum atomic E-state index is -0.394. The number of halogens is 1. The molecule has 4 rings (SSSR count). The third kappa shape index (κ3) is 3.38. The molecule has 1 amide bonds. The second-order valence-electron chi connectivity index (χ2n) is 6.94. The molecule has 1 aliphatic heterocycles. The number of amides is 1. The molecule has 5 nitrogen and oxygen atoms in total. The molecular weight excluding hydrogens is 357 g/mol. The number of carbonyl (C=O) groups is 1. The van der Waals surface area contributed by atoms with Crippen LogP contribution in [0.15, 0.2) is 48.5 Å². The molecule has 1 saturated heterocycles. The van der Waals surface area contributed by atoms with Gasteiger partial charge in [-0.3, -0.25) is 4.79 Å². The molecule has 1 aliphatic rings. The Balaban J connectivity index is 1.53. The van der Waals surface area contributed by atoms with Crippen molar-refractivity contribution in [1.82, 2.24) is 9.88 Å². The van der Waals surface area contributed by atoms with Crippen molar-refractivity contribution in [1.29, 1.82) is 0 Å². The number of fused-ring (bicyclic) bond motifs is 1. The standard InChI is InChI=1S/C22H22FN3O2/c1-15-13-20(24-21-18(15)7-4-8-19(21)28-2)25-9-11-26(12-10-25)22(27)16-5-3-6-17(23)14-16/h3-8,13-14H,9-12H2,1-2H3. The molecule has 6 heteroatoms. The fraction of sp³-hybridized carbons (Fsp3) is 0.273. The molecule has 2 heterocycles. The van der Waals surface area contributed by atoms with Crippen molar-refractivity contribution in [2.24, 2.45) is 0 Å². The third-order valence-electron chi connectivity index (χ3n) is 5.18. The first-order valence-corrected chi connectivity index (χ1v) is 9.31. The quantitative estimate of drug-likeness (QED) is 0.697. The summed E-state index contributed by atoms with van der Waals surface area (Å²) in [6.07, 6.45) is 0. The van der Waals surface area contributed by atoms with Gasteiger partial charge in [0, 0.05) is 37.1 Å². The van der Waals surface area contributed by atoms with E-state index in [1.807, 2.05) is 18.2 Å². The summed E-state index contributed by atoms with van der Waals surface area (Å²) in [5.74, 6) is 1.10. The first-order valence-electron chi connectivity index (χ1n) is 9.31. The molecule has 0 bridgehead atoms. The van der Waals surface area contributed by atoms with E-state index in [2.05, 4.69) is 17.9 Å². The van der Waals surface area contributed by atoms with Crippen LogP contribution in [-0.4, -0.2) is 49.1 Å². The van der Waals surface area contributed by atoms with E-state index in [1.165, 1.54) is 12.1 Å². The van der Waals surface area contributed by atoms with Crippen LogP contribution in [0, 0.1) is 12.7 Å². The summed E-state index contributed by atoms with van der Waals surface area (Å²) in [7, 11) is 1.65. The highest BCUT2D eigenvalue weighted by atomic mass is 19.1. The number of pyridine rings is 1. The predicted molar refractivity (Wildman–Crippen MR) is 108 cm³/mol. The average Bonchev–Trinajstić information content (AvgIpc) is 2.73. The highest BCUT2D eigenvalue weighted by Crippen LogP contribution is 2.29. The van der Waals surface area contributed by atoms with Crippen LogP contribution in [0.25, 0.3) is 10.9 Å². The first kappa shape index (κ1) is 18.2. The van der Waals surface area contributed by atoms with Crippen molar-refractivity contribution in [2.75, 3.05) is 38.2 Å². The number of aryl methyl sites for hydroxylation is 1. The monoisotopic (exact) mass is 379 g/mol. The summed E-state index contributed by atoms with van der Waals surface area (Å²) in [6.45, 7) is 4.55. The summed E-state index contributed by atoms with van der Waals surface area (Å²) < 4.78 is 18.9. The number of nitrogens with zero attached hydrogens (tertiary/aromatic N) is 3. The number of methoxy groups -OCH3 is 1. The van der Waals surface area contributed by atoms with E-state index >= 15 is 0 Å². The molecule has 0 unspecified atom stereocenters. The van der Waals surface area contributed by atoms with Gasteiger partial charge in [-0.05, 0) is 42.8 Å². The van der Waals surface area contributed by atoms with Crippen LogP contribution < -0.4 is 9.64 Å². The lowest BCUT2D eigenvalue weighted by Crippen LogP contribution is -2.49. The molecular formula is C22H22FN3O2. The Kier molecular flexibility index (Phi) is 4.86. The number of hydrogen-bond acceptors (Lipinski definition) is 4. The van der Waals surface area contributed by atoms with Crippen LogP contribution >= 0.6 is 0 Å². The zero-order chi connectivity index (χ0) is 19.7. The van der Waals surface area contributed by atoms with E-state index in [0.29, 0.717) is 31.7 Å². The fourth-order valence-corrected chi connectivity index (χ4v) is 3.64. The lowest BCUT2D eigenvalue weighted by molar-refractivity contribution is 0.0746. The Morgan fingerprint density at radius 3 is 2.54 bits per heavy atom. The summed E-state index contributed by atoms with van der Waals surface area (Å²) in [5, 5.41) is 1.07. The number of carbonyl (C=O) groups excluding carboxylic acids is 1. The lowest BCUT2D eigenvalue weighted by Gasteiger charge is -2.35. The second-order valence-corrected chi connectivity index (χ2v) is 6.94. The van der Waals surface area contributed by atoms with Crippen molar-refractivity contribution < 1.29 is 13.9 Å². The van der Waals surface area contributed by atoms with Crippen LogP contribution in [0.4, 0.5) is 10.2 Å². The van der Waals surface area contributed by atoms with Gasteiger partial charge in [-0.1, -0.05) is 18.2 Å². The normalized spacial score (nSPS) is 14.4. The molecule has 0 saturated carbocycles. The van der Waals surface area contributed by atoms with Crippen molar-refractivity contribution in [3.05, 3.63) is 65.5 Å². The van der Waals surface area contributed by atoms with Crippen molar-refractivity contribution in [2.45, 2.75) is 6.92 Å². The van der Waals surface area contributed by atoms with Crippen LogP contribution in [0.3, 0.4) is 0 Å². The number of para-hydroxylation sites is 1. The number of rotatable bonds is 3. The van der Waals surface area contributed by atoms with Gasteiger partial charge < -0.3 is 14.5 Å². The Morgan fingerprint density at radius 1 is 1.07 bits per heavy atom. The molecule has 1 aromatic heterocycles. The number of piperazine rings is 1. The summed E-state index contributed by atoms with van der Waals surface area (Å²) in [4.78, 5) is 21.4. The largest absolute Gasteiger partial charge is 0.494 e. The van der Waals surface area contributed by atoms with Crippen LogP contribution in [0.1, 0.15) is 15.9 Å². The van der Waals surface area contributed by atoms with Crippen molar-refractivity contribution in [3.8, 4) is 5.75 Å². The smallest absolute Gasteiger partial charge is 0.254 e. The maximum atomic E-state index is 13.4. The molecule has 0 atom stereocenters. The fourth-order valence-electron chi connectivity index (χ4n) is 3.64. The average molecular weight is 379 g/mol. The highest BCUT2D eigenvalue weighted by Gasteiger charge is 2.23. The van der Waals surface area contributed by atoms with E-state index < -0.39 is 5.82 Å². The van der Waals surface area contributed by atoms with Gasteiger partial charge in [-0.15, -0.1) is 0 Å². The van der Waals surface area contributed by atoms with Crippen LogP contribution in [0.2, 0.25) is 0 Å². The summed E-state index contributed by atoms with van der Waals surface area (Å²) in [6, 6.07) is 13.8. The van der Waals surface area contributed by atoms with E-state index in [4.69, 9.17) is 9.72 Å². The number of ether oxygens (including phenoxy) is 1. The summed E-state index contributed by atoms with van der Waals surface area (Å²) in [5.41, 5.74) is 2.37. The Hall–Kier alpha value is -3.15. The number of hydrogen-bond donors (Lipinski definition) is 0. The Morgan fingerprint density at radius 2 is 1.82 bits per heavy atom. The molecule has 0 aliphatic carbocycles. The Labute approximate surface area is 163 Å². The molecule has 3 aromatic rings. The van der Waals surface area contributed by atoms with E-state index in [-0.39, 0.29) is 5.91 Å². The van der Waals surface area contributed by atoms with Gasteiger partial charge in [-0.2, -0.15) is 0 Å². The van der Waals surface area contributed by atoms with E-state index in [0.717, 1.165) is 28.0 Å². The molecule has 0 radical (unpaired) electrons. The van der Waals surface area contributed by atoms with Crippen LogP contribution in [-0.2, 0) is 0 Å². The number of anilines is 1. The van der Waals surface area contributed by atoms with Gasteiger partial charge in [0.25, 0.3) is 5.91 Å². The Bertz CT molecular complexity index is 1030. The molecule has 0 N–H and O–H groups in total. The molecule has 144 valence electrons. The van der Waals surface area contributed by atoms with Crippen molar-refractivity contribution >= 4 is 22.6 Å². The predicted octanol–water partition coefficient (Wildman–Crippen LogP) is 3.65. The van der Waals surface area contributed by atoms with Gasteiger partial charge in [0.2, 0.25) is 0 Å². The van der Waals surface area contributed by atoms with Crippen LogP contribution in [0.5, 0.6) is 5.75 Å². The number of aromatic nitrogens is 1. The first-order chi connectivity index (χ1) is 13.6. The molecule has 28 heavy (non-hydrogen) atoms. The topological polar surface area (TPSA) is 45.7 Å². The maximum Gasteiger partial charge on any atom is 0.254 e. The SMILES string of the molecule is COc1cccc2c(C)cc(N3CCN(C(=O)c4cccc(F)c4)CC3)nc12. The molecule has 1 fully saturated rings.